The van der Waals surface area contributed by atoms with Crippen LogP contribution < -0.4 is 0 Å². The first-order valence-electron chi connectivity index (χ1n) is 5.55. The van der Waals surface area contributed by atoms with Gasteiger partial charge in [-0.15, -0.1) is 11.3 Å². The third kappa shape index (κ3) is 3.01. The van der Waals surface area contributed by atoms with Gasteiger partial charge in [0, 0.05) is 21.7 Å². The second-order valence-electron chi connectivity index (χ2n) is 3.83. The van der Waals surface area contributed by atoms with Crippen molar-refractivity contribution in [2.24, 2.45) is 0 Å². The number of hydrogen-bond acceptors (Lipinski definition) is 2. The summed E-state index contributed by atoms with van der Waals surface area (Å²) in [6.07, 6.45) is 1.39. The summed E-state index contributed by atoms with van der Waals surface area (Å²) in [6, 6.07) is 9.75. The zero-order valence-electron chi connectivity index (χ0n) is 9.57. The molecule has 1 aromatic carbocycles. The van der Waals surface area contributed by atoms with E-state index in [0.29, 0.717) is 12.0 Å². The lowest BCUT2D eigenvalue weighted by Crippen LogP contribution is -2.01. The van der Waals surface area contributed by atoms with E-state index in [-0.39, 0.29) is 11.6 Å². The number of benzene rings is 1. The van der Waals surface area contributed by atoms with E-state index < -0.39 is 0 Å². The summed E-state index contributed by atoms with van der Waals surface area (Å²) in [5, 5.41) is 0. The van der Waals surface area contributed by atoms with Gasteiger partial charge in [-0.2, -0.15) is 0 Å². The van der Waals surface area contributed by atoms with Crippen LogP contribution in [0.2, 0.25) is 0 Å². The van der Waals surface area contributed by atoms with Gasteiger partial charge in [0.05, 0.1) is 0 Å². The fraction of sp³-hybridized carbons (Fsp3) is 0.214. The second kappa shape index (κ2) is 5.23. The second-order valence-corrected chi connectivity index (χ2v) is 5.08. The molecule has 1 heterocycles. The molecule has 0 amide bonds. The molecule has 0 radical (unpaired) electrons. The predicted molar refractivity (Wildman–Crippen MR) is 68.1 cm³/mol. The number of Topliss-reactive ketones (excluding diaryl/α,β-unsaturated/α-hetero) is 1. The van der Waals surface area contributed by atoms with Crippen molar-refractivity contribution in [2.45, 2.75) is 19.8 Å². The van der Waals surface area contributed by atoms with Gasteiger partial charge in [-0.1, -0.05) is 6.92 Å². The Kier molecular flexibility index (Phi) is 3.69. The van der Waals surface area contributed by atoms with E-state index in [4.69, 9.17) is 0 Å². The van der Waals surface area contributed by atoms with Gasteiger partial charge in [0.15, 0.2) is 5.78 Å². The van der Waals surface area contributed by atoms with E-state index in [1.54, 1.807) is 11.3 Å². The van der Waals surface area contributed by atoms with Crippen LogP contribution in [-0.4, -0.2) is 5.78 Å². The van der Waals surface area contributed by atoms with Crippen LogP contribution in [0.5, 0.6) is 0 Å². The van der Waals surface area contributed by atoms with Crippen molar-refractivity contribution in [1.29, 1.82) is 0 Å². The van der Waals surface area contributed by atoms with Crippen molar-refractivity contribution in [3.63, 3.8) is 0 Å². The van der Waals surface area contributed by atoms with Gasteiger partial charge >= 0.3 is 0 Å². The Labute approximate surface area is 104 Å². The monoisotopic (exact) mass is 248 g/mol. The molecule has 2 rings (SSSR count). The number of rotatable bonds is 4. The maximum atomic E-state index is 12.7. The molecule has 0 fully saturated rings. The summed E-state index contributed by atoms with van der Waals surface area (Å²) >= 11 is 1.66. The van der Waals surface area contributed by atoms with Gasteiger partial charge in [0.25, 0.3) is 0 Å². The lowest BCUT2D eigenvalue weighted by Gasteiger charge is -1.98. The van der Waals surface area contributed by atoms with E-state index in [0.717, 1.165) is 11.3 Å². The van der Waals surface area contributed by atoms with E-state index in [1.807, 2.05) is 6.07 Å². The molecule has 0 N–H and O–H groups in total. The quantitative estimate of drug-likeness (QED) is 0.750. The molecule has 17 heavy (non-hydrogen) atoms. The Morgan fingerprint density at radius 1 is 1.12 bits per heavy atom. The molecule has 1 nitrogen and oxygen atoms in total. The van der Waals surface area contributed by atoms with Crippen LogP contribution in [0.25, 0.3) is 0 Å². The minimum Gasteiger partial charge on any atom is -0.294 e. The Morgan fingerprint density at radius 3 is 2.35 bits per heavy atom. The first-order valence-corrected chi connectivity index (χ1v) is 6.37. The number of carbonyl (C=O) groups is 1. The summed E-state index contributed by atoms with van der Waals surface area (Å²) in [7, 11) is 0. The SMILES string of the molecule is CCc1ccc(CC(=O)c2ccc(F)cc2)s1. The third-order valence-electron chi connectivity index (χ3n) is 2.57. The number of carbonyl (C=O) groups excluding carboxylic acids is 1. The highest BCUT2D eigenvalue weighted by atomic mass is 32.1. The van der Waals surface area contributed by atoms with Crippen molar-refractivity contribution in [3.05, 3.63) is 57.5 Å². The van der Waals surface area contributed by atoms with Crippen LogP contribution in [0.1, 0.15) is 27.0 Å². The van der Waals surface area contributed by atoms with Crippen LogP contribution in [0.3, 0.4) is 0 Å². The number of thiophene rings is 1. The van der Waals surface area contributed by atoms with Crippen molar-refractivity contribution in [3.8, 4) is 0 Å². The normalized spacial score (nSPS) is 10.5. The third-order valence-corrected chi connectivity index (χ3v) is 3.80. The van der Waals surface area contributed by atoms with Gasteiger partial charge in [-0.3, -0.25) is 4.79 Å². The number of aryl methyl sites for hydroxylation is 1. The van der Waals surface area contributed by atoms with Crippen molar-refractivity contribution >= 4 is 17.1 Å². The van der Waals surface area contributed by atoms with Gasteiger partial charge in [-0.25, -0.2) is 4.39 Å². The molecule has 0 unspecified atom stereocenters. The van der Waals surface area contributed by atoms with Gasteiger partial charge in [-0.05, 0) is 42.8 Å². The minimum atomic E-state index is -0.314. The molecular weight excluding hydrogens is 235 g/mol. The largest absolute Gasteiger partial charge is 0.294 e. The smallest absolute Gasteiger partial charge is 0.168 e. The molecule has 0 aliphatic carbocycles. The Bertz CT molecular complexity index is 513. The van der Waals surface area contributed by atoms with E-state index >= 15 is 0 Å². The van der Waals surface area contributed by atoms with Gasteiger partial charge < -0.3 is 0 Å². The van der Waals surface area contributed by atoms with Crippen molar-refractivity contribution < 1.29 is 9.18 Å². The minimum absolute atomic E-state index is 0.0366. The van der Waals surface area contributed by atoms with E-state index in [9.17, 15) is 9.18 Å². The number of hydrogen-bond donors (Lipinski definition) is 0. The van der Waals surface area contributed by atoms with Gasteiger partial charge in [0.2, 0.25) is 0 Å². The Balaban J connectivity index is 2.08. The van der Waals surface area contributed by atoms with Crippen LogP contribution in [-0.2, 0) is 12.8 Å². The van der Waals surface area contributed by atoms with Gasteiger partial charge in [0.1, 0.15) is 5.82 Å². The number of halogens is 1. The van der Waals surface area contributed by atoms with Crippen molar-refractivity contribution in [1.82, 2.24) is 0 Å². The molecule has 1 aromatic heterocycles. The molecule has 0 bridgehead atoms. The highest BCUT2D eigenvalue weighted by molar-refractivity contribution is 7.12. The Hall–Kier alpha value is -1.48. The lowest BCUT2D eigenvalue weighted by atomic mass is 10.1. The first-order chi connectivity index (χ1) is 8.19. The van der Waals surface area contributed by atoms with Crippen LogP contribution >= 0.6 is 11.3 Å². The maximum Gasteiger partial charge on any atom is 0.168 e. The molecular formula is C14H13FOS. The van der Waals surface area contributed by atoms with E-state index in [2.05, 4.69) is 13.0 Å². The molecule has 0 spiro atoms. The van der Waals surface area contributed by atoms with Crippen molar-refractivity contribution in [2.75, 3.05) is 0 Å². The Morgan fingerprint density at radius 2 is 1.76 bits per heavy atom. The summed E-state index contributed by atoms with van der Waals surface area (Å²) < 4.78 is 12.7. The highest BCUT2D eigenvalue weighted by Crippen LogP contribution is 2.19. The molecule has 0 atom stereocenters. The molecule has 0 saturated carbocycles. The van der Waals surface area contributed by atoms with E-state index in [1.165, 1.54) is 29.1 Å². The van der Waals surface area contributed by atoms with Crippen LogP contribution in [0.4, 0.5) is 4.39 Å². The maximum absolute atomic E-state index is 12.7. The standard InChI is InChI=1S/C14H13FOS/c1-2-12-7-8-13(17-12)9-14(16)10-3-5-11(15)6-4-10/h3-8H,2,9H2,1H3. The molecule has 88 valence electrons. The highest BCUT2D eigenvalue weighted by Gasteiger charge is 2.08. The fourth-order valence-corrected chi connectivity index (χ4v) is 2.56. The molecule has 2 aromatic rings. The molecule has 0 aliphatic rings. The zero-order chi connectivity index (χ0) is 12.3. The summed E-state index contributed by atoms with van der Waals surface area (Å²) in [5.74, 6) is -0.277. The molecule has 0 saturated heterocycles. The predicted octanol–water partition coefficient (Wildman–Crippen LogP) is 3.88. The fourth-order valence-electron chi connectivity index (χ4n) is 1.60. The summed E-state index contributed by atoms with van der Waals surface area (Å²) in [6.45, 7) is 2.09. The number of ketones is 1. The zero-order valence-corrected chi connectivity index (χ0v) is 10.4. The average Bonchev–Trinajstić information content (AvgIpc) is 2.77. The first kappa shape index (κ1) is 12.0. The lowest BCUT2D eigenvalue weighted by molar-refractivity contribution is 0.0994. The average molecular weight is 248 g/mol. The van der Waals surface area contributed by atoms with Crippen LogP contribution in [0, 0.1) is 5.82 Å². The summed E-state index contributed by atoms with van der Waals surface area (Å²) in [5.41, 5.74) is 0.567. The molecule has 0 aliphatic heterocycles. The van der Waals surface area contributed by atoms with Crippen LogP contribution in [0.15, 0.2) is 36.4 Å². The topological polar surface area (TPSA) is 17.1 Å². The molecule has 3 heteroatoms. The summed E-state index contributed by atoms with van der Waals surface area (Å²) in [4.78, 5) is 14.3.